The van der Waals surface area contributed by atoms with Gasteiger partial charge in [-0.3, -0.25) is 4.90 Å². The topological polar surface area (TPSA) is 35.9 Å². The van der Waals surface area contributed by atoms with Gasteiger partial charge in [0.2, 0.25) is 0 Å². The number of benzene rings is 1. The SMILES string of the molecule is CCN(CCCN(C)C)C(C)c1ccc(OC)cc1O. The zero-order valence-corrected chi connectivity index (χ0v) is 13.4. The Morgan fingerprint density at radius 3 is 2.45 bits per heavy atom. The fourth-order valence-electron chi connectivity index (χ4n) is 2.42. The van der Waals surface area contributed by atoms with Gasteiger partial charge < -0.3 is 14.7 Å². The van der Waals surface area contributed by atoms with Crippen LogP contribution in [0.25, 0.3) is 0 Å². The van der Waals surface area contributed by atoms with Crippen LogP contribution in [0, 0.1) is 0 Å². The van der Waals surface area contributed by atoms with Crippen LogP contribution in [0.3, 0.4) is 0 Å². The molecular formula is C16H28N2O2. The van der Waals surface area contributed by atoms with Crippen molar-refractivity contribution >= 4 is 0 Å². The minimum Gasteiger partial charge on any atom is -0.507 e. The van der Waals surface area contributed by atoms with Gasteiger partial charge in [-0.1, -0.05) is 13.0 Å². The van der Waals surface area contributed by atoms with Crippen LogP contribution in [0.4, 0.5) is 0 Å². The molecule has 4 nitrogen and oxygen atoms in total. The molecule has 0 bridgehead atoms. The van der Waals surface area contributed by atoms with E-state index in [1.54, 1.807) is 13.2 Å². The van der Waals surface area contributed by atoms with Crippen LogP contribution in [0.2, 0.25) is 0 Å². The number of hydrogen-bond acceptors (Lipinski definition) is 4. The Kier molecular flexibility index (Phi) is 6.82. The van der Waals surface area contributed by atoms with Gasteiger partial charge in [-0.05, 0) is 53.1 Å². The highest BCUT2D eigenvalue weighted by Gasteiger charge is 2.17. The van der Waals surface area contributed by atoms with Crippen LogP contribution in [0.15, 0.2) is 18.2 Å². The summed E-state index contributed by atoms with van der Waals surface area (Å²) < 4.78 is 5.13. The van der Waals surface area contributed by atoms with Gasteiger partial charge in [0.25, 0.3) is 0 Å². The van der Waals surface area contributed by atoms with Crippen LogP contribution in [-0.2, 0) is 0 Å². The Balaban J connectivity index is 2.72. The van der Waals surface area contributed by atoms with Crippen molar-refractivity contribution in [1.82, 2.24) is 9.80 Å². The Labute approximate surface area is 123 Å². The maximum atomic E-state index is 10.1. The molecule has 20 heavy (non-hydrogen) atoms. The molecule has 1 atom stereocenters. The molecule has 1 aromatic carbocycles. The van der Waals surface area contributed by atoms with Gasteiger partial charge in [0.1, 0.15) is 11.5 Å². The highest BCUT2D eigenvalue weighted by molar-refractivity contribution is 5.41. The van der Waals surface area contributed by atoms with Crippen molar-refractivity contribution in [2.45, 2.75) is 26.3 Å². The fourth-order valence-corrected chi connectivity index (χ4v) is 2.42. The normalized spacial score (nSPS) is 12.9. The molecule has 1 aromatic rings. The molecule has 0 saturated carbocycles. The largest absolute Gasteiger partial charge is 0.507 e. The molecule has 1 N–H and O–H groups in total. The summed E-state index contributed by atoms with van der Waals surface area (Å²) >= 11 is 0. The third-order valence-corrected chi connectivity index (χ3v) is 3.69. The first kappa shape index (κ1) is 16.8. The number of phenolic OH excluding ortho intramolecular Hbond substituents is 1. The third-order valence-electron chi connectivity index (χ3n) is 3.69. The lowest BCUT2D eigenvalue weighted by atomic mass is 10.0. The lowest BCUT2D eigenvalue weighted by molar-refractivity contribution is 0.206. The summed E-state index contributed by atoms with van der Waals surface area (Å²) in [5.74, 6) is 0.997. The number of rotatable bonds is 8. The second kappa shape index (κ2) is 8.12. The van der Waals surface area contributed by atoms with Crippen molar-refractivity contribution in [3.63, 3.8) is 0 Å². The van der Waals surface area contributed by atoms with Crippen LogP contribution < -0.4 is 4.74 Å². The Hall–Kier alpha value is -1.26. The van der Waals surface area contributed by atoms with E-state index in [1.807, 2.05) is 12.1 Å². The first-order valence-corrected chi connectivity index (χ1v) is 7.25. The second-order valence-corrected chi connectivity index (χ2v) is 5.39. The van der Waals surface area contributed by atoms with E-state index in [0.29, 0.717) is 11.5 Å². The zero-order chi connectivity index (χ0) is 15.1. The summed E-state index contributed by atoms with van der Waals surface area (Å²) in [4.78, 5) is 4.58. The number of hydrogen-bond donors (Lipinski definition) is 1. The fraction of sp³-hybridized carbons (Fsp3) is 0.625. The van der Waals surface area contributed by atoms with Crippen molar-refractivity contribution < 1.29 is 9.84 Å². The summed E-state index contributed by atoms with van der Waals surface area (Å²) in [5.41, 5.74) is 0.956. The van der Waals surface area contributed by atoms with Crippen LogP contribution in [-0.4, -0.2) is 55.7 Å². The summed E-state index contributed by atoms with van der Waals surface area (Å²) in [5, 5.41) is 10.1. The predicted octanol–water partition coefficient (Wildman–Crippen LogP) is 2.74. The third kappa shape index (κ3) is 4.69. The van der Waals surface area contributed by atoms with Crippen molar-refractivity contribution in [3.05, 3.63) is 23.8 Å². The van der Waals surface area contributed by atoms with Crippen molar-refractivity contribution in [2.75, 3.05) is 40.8 Å². The van der Waals surface area contributed by atoms with Gasteiger partial charge >= 0.3 is 0 Å². The van der Waals surface area contributed by atoms with Crippen molar-refractivity contribution in [1.29, 1.82) is 0 Å². The van der Waals surface area contributed by atoms with Gasteiger partial charge in [0.05, 0.1) is 7.11 Å². The highest BCUT2D eigenvalue weighted by Crippen LogP contribution is 2.31. The summed E-state index contributed by atoms with van der Waals surface area (Å²) in [6.45, 7) is 7.38. The van der Waals surface area contributed by atoms with Crippen molar-refractivity contribution in [3.8, 4) is 11.5 Å². The van der Waals surface area contributed by atoms with E-state index in [0.717, 1.165) is 31.6 Å². The highest BCUT2D eigenvalue weighted by atomic mass is 16.5. The number of methoxy groups -OCH3 is 1. The minimum atomic E-state index is 0.202. The number of phenols is 1. The van der Waals surface area contributed by atoms with E-state index in [-0.39, 0.29) is 6.04 Å². The standard InChI is InChI=1S/C16H28N2O2/c1-6-18(11-7-10-17(3)4)13(2)15-9-8-14(20-5)12-16(15)19/h8-9,12-13,19H,6-7,10-11H2,1-5H3. The quantitative estimate of drug-likeness (QED) is 0.794. The molecule has 0 heterocycles. The van der Waals surface area contributed by atoms with Gasteiger partial charge in [-0.25, -0.2) is 0 Å². The smallest absolute Gasteiger partial charge is 0.124 e. The molecule has 0 radical (unpaired) electrons. The van der Waals surface area contributed by atoms with Gasteiger partial charge in [-0.2, -0.15) is 0 Å². The molecule has 0 fully saturated rings. The Morgan fingerprint density at radius 2 is 1.95 bits per heavy atom. The van der Waals surface area contributed by atoms with Gasteiger partial charge in [0, 0.05) is 17.7 Å². The average Bonchev–Trinajstić information content (AvgIpc) is 2.42. The van der Waals surface area contributed by atoms with E-state index in [4.69, 9.17) is 4.74 Å². The molecule has 0 aromatic heterocycles. The van der Waals surface area contributed by atoms with E-state index < -0.39 is 0 Å². The molecule has 0 aliphatic carbocycles. The monoisotopic (exact) mass is 280 g/mol. The van der Waals surface area contributed by atoms with Crippen molar-refractivity contribution in [2.24, 2.45) is 0 Å². The summed E-state index contributed by atoms with van der Waals surface area (Å²) in [6, 6.07) is 5.74. The van der Waals surface area contributed by atoms with Gasteiger partial charge in [-0.15, -0.1) is 0 Å². The summed E-state index contributed by atoms with van der Waals surface area (Å²) in [6.07, 6.45) is 1.13. The molecule has 0 amide bonds. The van der Waals surface area contributed by atoms with Crippen LogP contribution >= 0.6 is 0 Å². The zero-order valence-electron chi connectivity index (χ0n) is 13.4. The van der Waals surface area contributed by atoms with E-state index >= 15 is 0 Å². The molecule has 0 saturated heterocycles. The molecule has 0 aliphatic heterocycles. The lowest BCUT2D eigenvalue weighted by Crippen LogP contribution is -2.30. The van der Waals surface area contributed by atoms with E-state index in [2.05, 4.69) is 37.7 Å². The van der Waals surface area contributed by atoms with Crippen LogP contribution in [0.5, 0.6) is 11.5 Å². The summed E-state index contributed by atoms with van der Waals surface area (Å²) in [7, 11) is 5.79. The van der Waals surface area contributed by atoms with E-state index in [1.165, 1.54) is 0 Å². The van der Waals surface area contributed by atoms with E-state index in [9.17, 15) is 5.11 Å². The molecule has 1 unspecified atom stereocenters. The molecule has 4 heteroatoms. The first-order chi connectivity index (χ1) is 9.49. The first-order valence-electron chi connectivity index (χ1n) is 7.25. The number of aromatic hydroxyl groups is 1. The van der Waals surface area contributed by atoms with Crippen LogP contribution in [0.1, 0.15) is 31.9 Å². The lowest BCUT2D eigenvalue weighted by Gasteiger charge is -2.29. The maximum Gasteiger partial charge on any atom is 0.124 e. The molecule has 1 rings (SSSR count). The van der Waals surface area contributed by atoms with Gasteiger partial charge in [0.15, 0.2) is 0 Å². The Morgan fingerprint density at radius 1 is 1.25 bits per heavy atom. The average molecular weight is 280 g/mol. The Bertz CT molecular complexity index is 407. The molecule has 0 aliphatic rings. The molecular weight excluding hydrogens is 252 g/mol. The second-order valence-electron chi connectivity index (χ2n) is 5.39. The maximum absolute atomic E-state index is 10.1. The molecule has 0 spiro atoms. The minimum absolute atomic E-state index is 0.202. The number of ether oxygens (including phenoxy) is 1. The molecule has 114 valence electrons. The number of nitrogens with zero attached hydrogens (tertiary/aromatic N) is 2. The predicted molar refractivity (Wildman–Crippen MR) is 83.5 cm³/mol.